The molecule has 1 aromatic rings. The van der Waals surface area contributed by atoms with Crippen LogP contribution in [0.3, 0.4) is 0 Å². The van der Waals surface area contributed by atoms with Gasteiger partial charge in [0.25, 0.3) is 0 Å². The second kappa shape index (κ2) is 5.88. The van der Waals surface area contributed by atoms with Crippen LogP contribution in [-0.2, 0) is 6.42 Å². The van der Waals surface area contributed by atoms with Gasteiger partial charge in [0, 0.05) is 29.4 Å². The zero-order chi connectivity index (χ0) is 13.9. The lowest BCUT2D eigenvalue weighted by atomic mass is 9.88. The van der Waals surface area contributed by atoms with Gasteiger partial charge < -0.3 is 15.2 Å². The van der Waals surface area contributed by atoms with Crippen LogP contribution >= 0.6 is 0 Å². The molecule has 4 heteroatoms. The van der Waals surface area contributed by atoms with Crippen LogP contribution in [0.4, 0.5) is 0 Å². The third-order valence-corrected chi connectivity index (χ3v) is 4.01. The Balaban J connectivity index is 2.22. The number of pyridine rings is 1. The second-order valence-corrected chi connectivity index (χ2v) is 5.55. The molecule has 0 bridgehead atoms. The summed E-state index contributed by atoms with van der Waals surface area (Å²) in [4.78, 5) is 4.50. The van der Waals surface area contributed by atoms with Crippen molar-refractivity contribution in [3.63, 3.8) is 0 Å². The summed E-state index contributed by atoms with van der Waals surface area (Å²) in [6.45, 7) is 5.88. The molecular weight excluding hydrogens is 240 g/mol. The molecule has 0 aromatic carbocycles. The van der Waals surface area contributed by atoms with E-state index < -0.39 is 5.60 Å². The van der Waals surface area contributed by atoms with Crippen molar-refractivity contribution in [2.24, 2.45) is 0 Å². The first-order valence-electron chi connectivity index (χ1n) is 6.98. The summed E-state index contributed by atoms with van der Waals surface area (Å²) < 4.78 is 5.43. The largest absolute Gasteiger partial charge is 0.496 e. The Labute approximate surface area is 115 Å². The van der Waals surface area contributed by atoms with E-state index in [9.17, 15) is 5.11 Å². The maximum atomic E-state index is 10.7. The SMILES string of the molecule is COc1c(C)cnc(CC2(O)CCCNCC2)c1C. The number of methoxy groups -OCH3 is 1. The minimum Gasteiger partial charge on any atom is -0.496 e. The van der Waals surface area contributed by atoms with Crippen molar-refractivity contribution >= 4 is 0 Å². The molecule has 0 amide bonds. The molecule has 1 saturated heterocycles. The fraction of sp³-hybridized carbons (Fsp3) is 0.667. The quantitative estimate of drug-likeness (QED) is 0.873. The zero-order valence-corrected chi connectivity index (χ0v) is 12.1. The third kappa shape index (κ3) is 3.25. The number of hydrogen-bond donors (Lipinski definition) is 2. The molecule has 1 atom stereocenters. The Hall–Kier alpha value is -1.13. The lowest BCUT2D eigenvalue weighted by Crippen LogP contribution is -2.33. The topological polar surface area (TPSA) is 54.4 Å². The predicted molar refractivity (Wildman–Crippen MR) is 75.6 cm³/mol. The minimum absolute atomic E-state index is 0.608. The van der Waals surface area contributed by atoms with Gasteiger partial charge in [-0.05, 0) is 46.2 Å². The number of rotatable bonds is 3. The van der Waals surface area contributed by atoms with Crippen molar-refractivity contribution < 1.29 is 9.84 Å². The van der Waals surface area contributed by atoms with Crippen LogP contribution in [0.15, 0.2) is 6.20 Å². The molecule has 19 heavy (non-hydrogen) atoms. The van der Waals surface area contributed by atoms with Crippen LogP contribution in [0.1, 0.15) is 36.1 Å². The normalized spacial score (nSPS) is 24.0. The van der Waals surface area contributed by atoms with E-state index in [0.29, 0.717) is 6.42 Å². The molecule has 2 N–H and O–H groups in total. The molecule has 0 aliphatic carbocycles. The van der Waals surface area contributed by atoms with Crippen molar-refractivity contribution in [3.8, 4) is 5.75 Å². The maximum Gasteiger partial charge on any atom is 0.128 e. The van der Waals surface area contributed by atoms with Crippen molar-refractivity contribution in [1.29, 1.82) is 0 Å². The third-order valence-electron chi connectivity index (χ3n) is 4.01. The summed E-state index contributed by atoms with van der Waals surface area (Å²) >= 11 is 0. The molecule has 0 saturated carbocycles. The molecule has 4 nitrogen and oxygen atoms in total. The summed E-state index contributed by atoms with van der Waals surface area (Å²) in [5.74, 6) is 0.889. The highest BCUT2D eigenvalue weighted by atomic mass is 16.5. The van der Waals surface area contributed by atoms with E-state index in [1.54, 1.807) is 7.11 Å². The molecule has 0 radical (unpaired) electrons. The molecular formula is C15H24N2O2. The zero-order valence-electron chi connectivity index (χ0n) is 12.1. The molecule has 1 aliphatic rings. The number of aromatic nitrogens is 1. The Bertz CT molecular complexity index is 438. The predicted octanol–water partition coefficient (Wildman–Crippen LogP) is 1.75. The van der Waals surface area contributed by atoms with Crippen molar-refractivity contribution in [2.75, 3.05) is 20.2 Å². The van der Waals surface area contributed by atoms with Crippen LogP contribution in [-0.4, -0.2) is 35.9 Å². The lowest BCUT2D eigenvalue weighted by Gasteiger charge is -2.27. The molecule has 106 valence electrons. The maximum absolute atomic E-state index is 10.7. The summed E-state index contributed by atoms with van der Waals surface area (Å²) in [7, 11) is 1.68. The molecule has 1 unspecified atom stereocenters. The van der Waals surface area contributed by atoms with Crippen LogP contribution in [0.2, 0.25) is 0 Å². The van der Waals surface area contributed by atoms with Crippen molar-refractivity contribution in [3.05, 3.63) is 23.0 Å². The first-order valence-corrected chi connectivity index (χ1v) is 6.98. The van der Waals surface area contributed by atoms with Crippen LogP contribution in [0, 0.1) is 13.8 Å². The summed E-state index contributed by atoms with van der Waals surface area (Å²) in [5.41, 5.74) is 2.40. The lowest BCUT2D eigenvalue weighted by molar-refractivity contribution is 0.0273. The Kier molecular flexibility index (Phi) is 4.42. The van der Waals surface area contributed by atoms with Gasteiger partial charge in [0.05, 0.1) is 12.7 Å². The molecule has 0 spiro atoms. The van der Waals surface area contributed by atoms with E-state index in [1.165, 1.54) is 0 Å². The monoisotopic (exact) mass is 264 g/mol. The molecule has 2 rings (SSSR count). The number of nitrogens with one attached hydrogen (secondary N) is 1. The average Bonchev–Trinajstić information content (AvgIpc) is 2.59. The van der Waals surface area contributed by atoms with Gasteiger partial charge in [0.1, 0.15) is 5.75 Å². The number of ether oxygens (including phenoxy) is 1. The van der Waals surface area contributed by atoms with E-state index in [0.717, 1.165) is 54.9 Å². The summed E-state index contributed by atoms with van der Waals surface area (Å²) in [6.07, 6.45) is 5.07. The van der Waals surface area contributed by atoms with Crippen LogP contribution in [0.25, 0.3) is 0 Å². The van der Waals surface area contributed by atoms with E-state index >= 15 is 0 Å². The molecule has 1 fully saturated rings. The second-order valence-electron chi connectivity index (χ2n) is 5.55. The van der Waals surface area contributed by atoms with Gasteiger partial charge in [-0.1, -0.05) is 0 Å². The number of nitrogens with zero attached hydrogens (tertiary/aromatic N) is 1. The summed E-state index contributed by atoms with van der Waals surface area (Å²) in [5, 5.41) is 14.1. The van der Waals surface area contributed by atoms with Crippen molar-refractivity contribution in [2.45, 2.75) is 45.1 Å². The fourth-order valence-corrected chi connectivity index (χ4v) is 2.85. The molecule has 1 aliphatic heterocycles. The van der Waals surface area contributed by atoms with Gasteiger partial charge in [0.2, 0.25) is 0 Å². The standard InChI is InChI=1S/C15H24N2O2/c1-11-10-17-13(12(2)14(11)19-3)9-15(18)5-4-7-16-8-6-15/h10,16,18H,4-9H2,1-3H3. The molecule has 1 aromatic heterocycles. The van der Waals surface area contributed by atoms with Gasteiger partial charge in [0.15, 0.2) is 0 Å². The van der Waals surface area contributed by atoms with E-state index in [-0.39, 0.29) is 0 Å². The van der Waals surface area contributed by atoms with Gasteiger partial charge in [-0.2, -0.15) is 0 Å². The first-order chi connectivity index (χ1) is 9.06. The Morgan fingerprint density at radius 3 is 2.89 bits per heavy atom. The Morgan fingerprint density at radius 2 is 2.16 bits per heavy atom. The number of aryl methyl sites for hydroxylation is 1. The van der Waals surface area contributed by atoms with E-state index in [4.69, 9.17) is 4.74 Å². The average molecular weight is 264 g/mol. The highest BCUT2D eigenvalue weighted by Crippen LogP contribution is 2.29. The van der Waals surface area contributed by atoms with Gasteiger partial charge >= 0.3 is 0 Å². The van der Waals surface area contributed by atoms with E-state index in [1.807, 2.05) is 20.0 Å². The van der Waals surface area contributed by atoms with Gasteiger partial charge in [-0.15, -0.1) is 0 Å². The smallest absolute Gasteiger partial charge is 0.128 e. The number of hydrogen-bond acceptors (Lipinski definition) is 4. The van der Waals surface area contributed by atoms with Gasteiger partial charge in [-0.3, -0.25) is 4.98 Å². The summed E-state index contributed by atoms with van der Waals surface area (Å²) in [6, 6.07) is 0. The Morgan fingerprint density at radius 1 is 1.37 bits per heavy atom. The van der Waals surface area contributed by atoms with Crippen molar-refractivity contribution in [1.82, 2.24) is 10.3 Å². The number of aliphatic hydroxyl groups is 1. The highest BCUT2D eigenvalue weighted by molar-refractivity contribution is 5.41. The fourth-order valence-electron chi connectivity index (χ4n) is 2.85. The first kappa shape index (κ1) is 14.3. The van der Waals surface area contributed by atoms with Crippen LogP contribution in [0.5, 0.6) is 5.75 Å². The highest BCUT2D eigenvalue weighted by Gasteiger charge is 2.29. The minimum atomic E-state index is -0.637. The van der Waals surface area contributed by atoms with Crippen LogP contribution < -0.4 is 10.1 Å². The van der Waals surface area contributed by atoms with E-state index in [2.05, 4.69) is 10.3 Å². The van der Waals surface area contributed by atoms with Gasteiger partial charge in [-0.25, -0.2) is 0 Å². The molecule has 2 heterocycles.